The number of benzene rings is 1. The van der Waals surface area contributed by atoms with Gasteiger partial charge in [0.25, 0.3) is 0 Å². The fourth-order valence-corrected chi connectivity index (χ4v) is 1.05. The van der Waals surface area contributed by atoms with Gasteiger partial charge in [0.2, 0.25) is 0 Å². The van der Waals surface area contributed by atoms with Crippen molar-refractivity contribution < 1.29 is 9.50 Å². The van der Waals surface area contributed by atoms with Crippen LogP contribution in [0.3, 0.4) is 0 Å². The zero-order chi connectivity index (χ0) is 9.14. The second-order valence-electron chi connectivity index (χ2n) is 2.97. The second kappa shape index (κ2) is 3.54. The number of rotatable bonds is 2. The molecular weight excluding hydrogens is 157 g/mol. The van der Waals surface area contributed by atoms with Gasteiger partial charge in [-0.2, -0.15) is 0 Å². The SMILES string of the molecule is CC(N)Cc1ccc(O)c(F)c1. The Balaban J connectivity index is 2.82. The van der Waals surface area contributed by atoms with Crippen molar-refractivity contribution in [3.05, 3.63) is 29.6 Å². The fraction of sp³-hybridized carbons (Fsp3) is 0.333. The predicted molar refractivity (Wildman–Crippen MR) is 45.4 cm³/mol. The van der Waals surface area contributed by atoms with E-state index >= 15 is 0 Å². The van der Waals surface area contributed by atoms with Crippen LogP contribution in [0.1, 0.15) is 12.5 Å². The van der Waals surface area contributed by atoms with Crippen LogP contribution in [0.15, 0.2) is 18.2 Å². The molecule has 1 aromatic carbocycles. The predicted octanol–water partition coefficient (Wildman–Crippen LogP) is 1.42. The van der Waals surface area contributed by atoms with Crippen molar-refractivity contribution in [2.45, 2.75) is 19.4 Å². The molecule has 0 saturated carbocycles. The average Bonchev–Trinajstić information content (AvgIpc) is 1.96. The van der Waals surface area contributed by atoms with Crippen LogP contribution in [-0.4, -0.2) is 11.1 Å². The summed E-state index contributed by atoms with van der Waals surface area (Å²) < 4.78 is 12.7. The number of hydrogen-bond acceptors (Lipinski definition) is 2. The maximum absolute atomic E-state index is 12.7. The van der Waals surface area contributed by atoms with Gasteiger partial charge in [-0.3, -0.25) is 0 Å². The van der Waals surface area contributed by atoms with E-state index in [4.69, 9.17) is 10.8 Å². The largest absolute Gasteiger partial charge is 0.505 e. The standard InChI is InChI=1S/C9H12FNO/c1-6(11)4-7-2-3-9(12)8(10)5-7/h2-3,5-6,12H,4,11H2,1H3. The molecule has 66 valence electrons. The molecule has 0 fully saturated rings. The molecule has 0 aliphatic heterocycles. The van der Waals surface area contributed by atoms with Crippen molar-refractivity contribution >= 4 is 0 Å². The van der Waals surface area contributed by atoms with Gasteiger partial charge in [0.15, 0.2) is 11.6 Å². The summed E-state index contributed by atoms with van der Waals surface area (Å²) in [5, 5.41) is 8.87. The lowest BCUT2D eigenvalue weighted by Crippen LogP contribution is -2.17. The average molecular weight is 169 g/mol. The summed E-state index contributed by atoms with van der Waals surface area (Å²) in [5.74, 6) is -0.906. The van der Waals surface area contributed by atoms with E-state index in [0.717, 1.165) is 5.56 Å². The molecule has 0 heterocycles. The molecular formula is C9H12FNO. The molecule has 1 aromatic rings. The summed E-state index contributed by atoms with van der Waals surface area (Å²) in [5.41, 5.74) is 6.33. The van der Waals surface area contributed by atoms with E-state index in [9.17, 15) is 4.39 Å². The van der Waals surface area contributed by atoms with Crippen molar-refractivity contribution in [3.8, 4) is 5.75 Å². The van der Waals surface area contributed by atoms with E-state index in [-0.39, 0.29) is 11.8 Å². The molecule has 0 bridgehead atoms. The quantitative estimate of drug-likeness (QED) is 0.703. The Morgan fingerprint density at radius 2 is 2.25 bits per heavy atom. The minimum atomic E-state index is -0.590. The van der Waals surface area contributed by atoms with Crippen molar-refractivity contribution in [2.75, 3.05) is 0 Å². The molecule has 1 atom stereocenters. The maximum Gasteiger partial charge on any atom is 0.165 e. The van der Waals surface area contributed by atoms with Crippen molar-refractivity contribution in [2.24, 2.45) is 5.73 Å². The lowest BCUT2D eigenvalue weighted by Gasteiger charge is -2.05. The first-order valence-electron chi connectivity index (χ1n) is 3.82. The summed E-state index contributed by atoms with van der Waals surface area (Å²) in [6.07, 6.45) is 0.622. The van der Waals surface area contributed by atoms with E-state index in [2.05, 4.69) is 0 Å². The molecule has 2 nitrogen and oxygen atoms in total. The lowest BCUT2D eigenvalue weighted by atomic mass is 10.1. The Bertz CT molecular complexity index is 273. The van der Waals surface area contributed by atoms with Crippen LogP contribution in [-0.2, 0) is 6.42 Å². The third-order valence-electron chi connectivity index (χ3n) is 1.57. The van der Waals surface area contributed by atoms with Crippen LogP contribution in [0.25, 0.3) is 0 Å². The number of halogens is 1. The molecule has 1 unspecified atom stereocenters. The summed E-state index contributed by atoms with van der Waals surface area (Å²) in [6.45, 7) is 1.85. The zero-order valence-corrected chi connectivity index (χ0v) is 6.92. The van der Waals surface area contributed by atoms with Gasteiger partial charge in [-0.15, -0.1) is 0 Å². The number of nitrogens with two attached hydrogens (primary N) is 1. The highest BCUT2D eigenvalue weighted by molar-refractivity contribution is 5.28. The van der Waals surface area contributed by atoms with Gasteiger partial charge in [0.05, 0.1) is 0 Å². The third-order valence-corrected chi connectivity index (χ3v) is 1.57. The van der Waals surface area contributed by atoms with Gasteiger partial charge >= 0.3 is 0 Å². The summed E-state index contributed by atoms with van der Waals surface area (Å²) in [7, 11) is 0. The Morgan fingerprint density at radius 3 is 2.75 bits per heavy atom. The van der Waals surface area contributed by atoms with Crippen LogP contribution in [0.2, 0.25) is 0 Å². The molecule has 0 spiro atoms. The minimum absolute atomic E-state index is 0.00828. The lowest BCUT2D eigenvalue weighted by molar-refractivity contribution is 0.431. The maximum atomic E-state index is 12.7. The van der Waals surface area contributed by atoms with Crippen molar-refractivity contribution in [1.82, 2.24) is 0 Å². The number of phenolic OH excluding ortho intramolecular Hbond substituents is 1. The van der Waals surface area contributed by atoms with Gasteiger partial charge in [0, 0.05) is 6.04 Å². The molecule has 0 aliphatic rings. The van der Waals surface area contributed by atoms with Gasteiger partial charge in [0.1, 0.15) is 0 Å². The normalized spacial score (nSPS) is 12.9. The summed E-state index contributed by atoms with van der Waals surface area (Å²) >= 11 is 0. The van der Waals surface area contributed by atoms with Crippen LogP contribution in [0.5, 0.6) is 5.75 Å². The van der Waals surface area contributed by atoms with Crippen molar-refractivity contribution in [1.29, 1.82) is 0 Å². The van der Waals surface area contributed by atoms with E-state index in [0.29, 0.717) is 6.42 Å². The molecule has 0 amide bonds. The summed E-state index contributed by atoms with van der Waals surface area (Å²) in [4.78, 5) is 0. The highest BCUT2D eigenvalue weighted by Gasteiger charge is 2.02. The number of hydrogen-bond donors (Lipinski definition) is 2. The van der Waals surface area contributed by atoms with E-state index in [1.54, 1.807) is 6.07 Å². The smallest absolute Gasteiger partial charge is 0.165 e. The summed E-state index contributed by atoms with van der Waals surface area (Å²) in [6, 6.07) is 4.32. The minimum Gasteiger partial charge on any atom is -0.505 e. The monoisotopic (exact) mass is 169 g/mol. The first kappa shape index (κ1) is 9.00. The van der Waals surface area contributed by atoms with E-state index in [1.807, 2.05) is 6.92 Å². The van der Waals surface area contributed by atoms with Crippen LogP contribution in [0.4, 0.5) is 4.39 Å². The van der Waals surface area contributed by atoms with Crippen LogP contribution >= 0.6 is 0 Å². The molecule has 3 heteroatoms. The van der Waals surface area contributed by atoms with Gasteiger partial charge in [-0.25, -0.2) is 4.39 Å². The highest BCUT2D eigenvalue weighted by Crippen LogP contribution is 2.16. The number of aromatic hydroxyl groups is 1. The molecule has 3 N–H and O–H groups in total. The molecule has 12 heavy (non-hydrogen) atoms. The Labute approximate surface area is 70.8 Å². The van der Waals surface area contributed by atoms with E-state index < -0.39 is 5.82 Å². The third kappa shape index (κ3) is 2.20. The topological polar surface area (TPSA) is 46.2 Å². The first-order valence-corrected chi connectivity index (χ1v) is 3.82. The molecule has 1 rings (SSSR count). The Morgan fingerprint density at radius 1 is 1.58 bits per heavy atom. The Kier molecular flexibility index (Phi) is 2.65. The first-order chi connectivity index (χ1) is 5.59. The van der Waals surface area contributed by atoms with Crippen molar-refractivity contribution in [3.63, 3.8) is 0 Å². The van der Waals surface area contributed by atoms with E-state index in [1.165, 1.54) is 12.1 Å². The molecule has 0 radical (unpaired) electrons. The molecule has 0 saturated heterocycles. The number of phenols is 1. The second-order valence-corrected chi connectivity index (χ2v) is 2.97. The van der Waals surface area contributed by atoms with Crippen LogP contribution in [0, 0.1) is 5.82 Å². The highest BCUT2D eigenvalue weighted by atomic mass is 19.1. The van der Waals surface area contributed by atoms with Crippen LogP contribution < -0.4 is 5.73 Å². The zero-order valence-electron chi connectivity index (χ0n) is 6.92. The van der Waals surface area contributed by atoms with Gasteiger partial charge < -0.3 is 10.8 Å². The van der Waals surface area contributed by atoms with Gasteiger partial charge in [-0.1, -0.05) is 6.07 Å². The fourth-order valence-electron chi connectivity index (χ4n) is 1.05. The van der Waals surface area contributed by atoms with Gasteiger partial charge in [-0.05, 0) is 31.0 Å². The Hall–Kier alpha value is -1.09. The molecule has 0 aliphatic carbocycles. The molecule has 0 aromatic heterocycles.